The Balaban J connectivity index is 0.00000264. The van der Waals surface area contributed by atoms with Gasteiger partial charge in [0.15, 0.2) is 5.96 Å². The molecule has 0 saturated carbocycles. The van der Waals surface area contributed by atoms with Gasteiger partial charge in [-0.05, 0) is 38.3 Å². The van der Waals surface area contributed by atoms with E-state index in [4.69, 9.17) is 13.9 Å². The average molecular weight is 437 g/mol. The number of hydrogen-bond donors (Lipinski definition) is 2. The van der Waals surface area contributed by atoms with Gasteiger partial charge >= 0.3 is 0 Å². The molecule has 1 aliphatic rings. The number of halogens is 1. The zero-order chi connectivity index (χ0) is 15.5. The lowest BCUT2D eigenvalue weighted by Crippen LogP contribution is -2.38. The molecule has 1 aromatic heterocycles. The van der Waals surface area contributed by atoms with Crippen LogP contribution >= 0.6 is 24.0 Å². The molecular weight excluding hydrogens is 409 g/mol. The van der Waals surface area contributed by atoms with E-state index in [-0.39, 0.29) is 30.1 Å². The topological polar surface area (TPSA) is 68.0 Å². The van der Waals surface area contributed by atoms with E-state index in [0.717, 1.165) is 57.2 Å². The summed E-state index contributed by atoms with van der Waals surface area (Å²) in [4.78, 5) is 4.57. The van der Waals surface area contributed by atoms with Crippen molar-refractivity contribution in [1.29, 1.82) is 0 Å². The van der Waals surface area contributed by atoms with E-state index in [1.807, 2.05) is 12.1 Å². The Morgan fingerprint density at radius 3 is 3.04 bits per heavy atom. The number of hydrogen-bond acceptors (Lipinski definition) is 4. The van der Waals surface area contributed by atoms with Crippen LogP contribution in [0.2, 0.25) is 0 Å². The summed E-state index contributed by atoms with van der Waals surface area (Å²) in [5, 5.41) is 6.57. The summed E-state index contributed by atoms with van der Waals surface area (Å²) in [6.45, 7) is 6.57. The maximum atomic E-state index is 5.58. The first-order chi connectivity index (χ1) is 10.9. The van der Waals surface area contributed by atoms with E-state index < -0.39 is 0 Å². The number of guanidine groups is 1. The average Bonchev–Trinajstić information content (AvgIpc) is 3.21. The highest BCUT2D eigenvalue weighted by atomic mass is 127. The van der Waals surface area contributed by atoms with E-state index in [0.29, 0.717) is 13.2 Å². The third-order valence-electron chi connectivity index (χ3n) is 3.40. The predicted octanol–water partition coefficient (Wildman–Crippen LogP) is 2.54. The lowest BCUT2D eigenvalue weighted by Gasteiger charge is -2.12. The Bertz CT molecular complexity index is 420. The minimum absolute atomic E-state index is 0. The molecule has 1 atom stereocenters. The first-order valence-electron chi connectivity index (χ1n) is 8.12. The molecule has 1 fully saturated rings. The lowest BCUT2D eigenvalue weighted by molar-refractivity contribution is 0.105. The maximum absolute atomic E-state index is 5.58. The fraction of sp³-hybridized carbons (Fsp3) is 0.688. The van der Waals surface area contributed by atoms with E-state index >= 15 is 0 Å². The van der Waals surface area contributed by atoms with Gasteiger partial charge in [-0.15, -0.1) is 24.0 Å². The Hall–Kier alpha value is -0.800. The fourth-order valence-electron chi connectivity index (χ4n) is 2.27. The van der Waals surface area contributed by atoms with E-state index in [9.17, 15) is 0 Å². The maximum Gasteiger partial charge on any atom is 0.191 e. The smallest absolute Gasteiger partial charge is 0.191 e. The molecule has 23 heavy (non-hydrogen) atoms. The van der Waals surface area contributed by atoms with Crippen LogP contribution in [0.5, 0.6) is 0 Å². The molecule has 0 radical (unpaired) electrons. The van der Waals surface area contributed by atoms with Gasteiger partial charge in [-0.1, -0.05) is 0 Å². The molecule has 0 amide bonds. The summed E-state index contributed by atoms with van der Waals surface area (Å²) in [6.07, 6.45) is 5.13. The second kappa shape index (κ2) is 12.6. The highest BCUT2D eigenvalue weighted by molar-refractivity contribution is 14.0. The van der Waals surface area contributed by atoms with Crippen LogP contribution in [-0.4, -0.2) is 44.9 Å². The number of aliphatic imine (C=N–C) groups is 1. The second-order valence-electron chi connectivity index (χ2n) is 5.27. The molecule has 1 aliphatic heterocycles. The molecule has 0 bridgehead atoms. The van der Waals surface area contributed by atoms with Crippen LogP contribution in [0.4, 0.5) is 0 Å². The highest BCUT2D eigenvalue weighted by Gasteiger charge is 2.14. The van der Waals surface area contributed by atoms with Crippen molar-refractivity contribution < 1.29 is 13.9 Å². The number of nitrogens with zero attached hydrogens (tertiary/aromatic N) is 1. The number of ether oxygens (including phenoxy) is 2. The van der Waals surface area contributed by atoms with Gasteiger partial charge in [0.25, 0.3) is 0 Å². The summed E-state index contributed by atoms with van der Waals surface area (Å²) >= 11 is 0. The first-order valence-corrected chi connectivity index (χ1v) is 8.12. The highest BCUT2D eigenvalue weighted by Crippen LogP contribution is 2.11. The molecule has 1 saturated heterocycles. The van der Waals surface area contributed by atoms with Crippen molar-refractivity contribution in [1.82, 2.24) is 10.6 Å². The van der Waals surface area contributed by atoms with Gasteiger partial charge in [0, 0.05) is 26.3 Å². The summed E-state index contributed by atoms with van der Waals surface area (Å²) in [7, 11) is 0. The van der Waals surface area contributed by atoms with E-state index in [1.54, 1.807) is 6.26 Å². The standard InChI is InChI=1S/C16H27N3O3.HI/c1-2-17-16(19-12-14-6-3-10-21-14)18-8-5-9-20-13-15-7-4-11-22-15;/h4,7,11,14H,2-3,5-6,8-10,12-13H2,1H3,(H2,17,18,19);1H. The molecule has 1 aromatic rings. The lowest BCUT2D eigenvalue weighted by atomic mass is 10.2. The van der Waals surface area contributed by atoms with Gasteiger partial charge in [-0.3, -0.25) is 4.99 Å². The third-order valence-corrected chi connectivity index (χ3v) is 3.40. The molecular formula is C16H28IN3O3. The molecule has 132 valence electrons. The van der Waals surface area contributed by atoms with Gasteiger partial charge in [-0.2, -0.15) is 0 Å². The molecule has 2 N–H and O–H groups in total. The van der Waals surface area contributed by atoms with Crippen molar-refractivity contribution in [2.24, 2.45) is 4.99 Å². The zero-order valence-electron chi connectivity index (χ0n) is 13.8. The number of rotatable bonds is 9. The molecule has 7 heteroatoms. The van der Waals surface area contributed by atoms with Gasteiger partial charge in [0.2, 0.25) is 0 Å². The molecule has 2 rings (SSSR count). The fourth-order valence-corrected chi connectivity index (χ4v) is 2.27. The van der Waals surface area contributed by atoms with Crippen molar-refractivity contribution in [3.63, 3.8) is 0 Å². The summed E-state index contributed by atoms with van der Waals surface area (Å²) in [5.74, 6) is 1.71. The minimum Gasteiger partial charge on any atom is -0.467 e. The quantitative estimate of drug-likeness (QED) is 0.269. The minimum atomic E-state index is 0. The molecule has 0 spiro atoms. The van der Waals surface area contributed by atoms with Crippen molar-refractivity contribution in [3.05, 3.63) is 24.2 Å². The third kappa shape index (κ3) is 8.57. The Labute approximate surface area is 155 Å². The molecule has 0 aliphatic carbocycles. The van der Waals surface area contributed by atoms with Crippen molar-refractivity contribution >= 4 is 29.9 Å². The Morgan fingerprint density at radius 2 is 2.35 bits per heavy atom. The van der Waals surface area contributed by atoms with Crippen LogP contribution in [0.25, 0.3) is 0 Å². The molecule has 2 heterocycles. The normalized spacial score (nSPS) is 17.8. The van der Waals surface area contributed by atoms with Gasteiger partial charge in [-0.25, -0.2) is 0 Å². The van der Waals surface area contributed by atoms with Crippen LogP contribution in [0.15, 0.2) is 27.8 Å². The second-order valence-corrected chi connectivity index (χ2v) is 5.27. The van der Waals surface area contributed by atoms with Gasteiger partial charge < -0.3 is 24.5 Å². The largest absolute Gasteiger partial charge is 0.467 e. The van der Waals surface area contributed by atoms with Crippen LogP contribution in [0, 0.1) is 0 Å². The molecule has 1 unspecified atom stereocenters. The van der Waals surface area contributed by atoms with E-state index in [2.05, 4.69) is 22.5 Å². The van der Waals surface area contributed by atoms with E-state index in [1.165, 1.54) is 0 Å². The van der Waals surface area contributed by atoms with Crippen molar-refractivity contribution in [3.8, 4) is 0 Å². The van der Waals surface area contributed by atoms with Crippen LogP contribution in [0.3, 0.4) is 0 Å². The SMILES string of the molecule is CCNC(=NCC1CCCO1)NCCCOCc1ccco1.I. The first kappa shape index (κ1) is 20.2. The Morgan fingerprint density at radius 1 is 1.43 bits per heavy atom. The van der Waals surface area contributed by atoms with Gasteiger partial charge in [0.05, 0.1) is 18.9 Å². The van der Waals surface area contributed by atoms with Crippen LogP contribution in [0.1, 0.15) is 31.9 Å². The zero-order valence-corrected chi connectivity index (χ0v) is 16.1. The van der Waals surface area contributed by atoms with Crippen LogP contribution < -0.4 is 10.6 Å². The summed E-state index contributed by atoms with van der Waals surface area (Å²) in [6, 6.07) is 3.78. The predicted molar refractivity (Wildman–Crippen MR) is 101 cm³/mol. The number of nitrogens with one attached hydrogen (secondary N) is 2. The van der Waals surface area contributed by atoms with Crippen molar-refractivity contribution in [2.75, 3.05) is 32.8 Å². The van der Waals surface area contributed by atoms with Crippen LogP contribution in [-0.2, 0) is 16.1 Å². The number of furan rings is 1. The summed E-state index contributed by atoms with van der Waals surface area (Å²) in [5.41, 5.74) is 0. The summed E-state index contributed by atoms with van der Waals surface area (Å²) < 4.78 is 16.3. The van der Waals surface area contributed by atoms with Gasteiger partial charge in [0.1, 0.15) is 12.4 Å². The Kier molecular flexibility index (Phi) is 11.1. The monoisotopic (exact) mass is 437 g/mol. The van der Waals surface area contributed by atoms with Crippen molar-refractivity contribution in [2.45, 2.75) is 38.9 Å². The molecule has 0 aromatic carbocycles. The molecule has 6 nitrogen and oxygen atoms in total.